The van der Waals surface area contributed by atoms with Crippen molar-refractivity contribution in [3.05, 3.63) is 12.7 Å². The molecule has 0 aliphatic carbocycles. The Hall–Kier alpha value is -1.32. The molecule has 1 fully saturated rings. The Morgan fingerprint density at radius 1 is 1.57 bits per heavy atom. The molecule has 78 valence electrons. The Labute approximate surface area is 83.2 Å². The van der Waals surface area contributed by atoms with E-state index in [0.717, 1.165) is 12.8 Å². The molecule has 0 aromatic rings. The predicted molar refractivity (Wildman–Crippen MR) is 51.7 cm³/mol. The zero-order chi connectivity index (χ0) is 10.7. The Morgan fingerprint density at radius 2 is 2.21 bits per heavy atom. The number of amides is 1. The smallest absolute Gasteiger partial charge is 0.326 e. The van der Waals surface area contributed by atoms with Gasteiger partial charge in [0, 0.05) is 6.54 Å². The fourth-order valence-corrected chi connectivity index (χ4v) is 1.93. The fraction of sp³-hybridized carbons (Fsp3) is 0.600. The van der Waals surface area contributed by atoms with Crippen molar-refractivity contribution in [2.24, 2.45) is 5.92 Å². The van der Waals surface area contributed by atoms with Gasteiger partial charge in [-0.3, -0.25) is 4.79 Å². The SMILES string of the molecule is C=CC(=O)N1CCCC(C)C1C(=O)O. The summed E-state index contributed by atoms with van der Waals surface area (Å²) in [4.78, 5) is 23.7. The number of carbonyl (C=O) groups is 2. The third-order valence-electron chi connectivity index (χ3n) is 2.64. The number of carboxylic acid groups (broad SMARTS) is 1. The number of hydrogen-bond acceptors (Lipinski definition) is 2. The van der Waals surface area contributed by atoms with Crippen LogP contribution in [0.4, 0.5) is 0 Å². The molecule has 4 heteroatoms. The summed E-state index contributed by atoms with van der Waals surface area (Å²) < 4.78 is 0. The summed E-state index contributed by atoms with van der Waals surface area (Å²) in [5.41, 5.74) is 0. The van der Waals surface area contributed by atoms with Gasteiger partial charge >= 0.3 is 5.97 Å². The van der Waals surface area contributed by atoms with Crippen LogP contribution in [0, 0.1) is 5.92 Å². The van der Waals surface area contributed by atoms with Crippen LogP contribution in [0.5, 0.6) is 0 Å². The topological polar surface area (TPSA) is 57.6 Å². The maximum atomic E-state index is 11.4. The van der Waals surface area contributed by atoms with Crippen molar-refractivity contribution < 1.29 is 14.7 Å². The second-order valence-corrected chi connectivity index (χ2v) is 3.64. The molecular formula is C10H15NO3. The van der Waals surface area contributed by atoms with Crippen LogP contribution in [0.25, 0.3) is 0 Å². The summed E-state index contributed by atoms with van der Waals surface area (Å²) in [6.45, 7) is 5.75. The minimum atomic E-state index is -0.924. The number of hydrogen-bond donors (Lipinski definition) is 1. The normalized spacial score (nSPS) is 27.1. The lowest BCUT2D eigenvalue weighted by molar-refractivity contribution is -0.152. The van der Waals surface area contributed by atoms with E-state index in [0.29, 0.717) is 6.54 Å². The van der Waals surface area contributed by atoms with Crippen LogP contribution >= 0.6 is 0 Å². The molecular weight excluding hydrogens is 182 g/mol. The molecule has 0 saturated carbocycles. The molecule has 4 nitrogen and oxygen atoms in total. The van der Waals surface area contributed by atoms with Gasteiger partial charge < -0.3 is 10.0 Å². The lowest BCUT2D eigenvalue weighted by atomic mass is 9.91. The molecule has 1 aliphatic rings. The van der Waals surface area contributed by atoms with Crippen LogP contribution in [0.1, 0.15) is 19.8 Å². The molecule has 0 bridgehead atoms. The Bertz CT molecular complexity index is 262. The fourth-order valence-electron chi connectivity index (χ4n) is 1.93. The second kappa shape index (κ2) is 4.26. The highest BCUT2D eigenvalue weighted by molar-refractivity contribution is 5.91. The van der Waals surface area contributed by atoms with Gasteiger partial charge in [-0.05, 0) is 24.8 Å². The highest BCUT2D eigenvalue weighted by Gasteiger charge is 2.35. The third-order valence-corrected chi connectivity index (χ3v) is 2.64. The zero-order valence-electron chi connectivity index (χ0n) is 8.27. The van der Waals surface area contributed by atoms with Crippen molar-refractivity contribution in [1.82, 2.24) is 4.90 Å². The van der Waals surface area contributed by atoms with E-state index in [9.17, 15) is 9.59 Å². The number of likely N-dealkylation sites (tertiary alicyclic amines) is 1. The van der Waals surface area contributed by atoms with E-state index in [4.69, 9.17) is 5.11 Å². The molecule has 0 spiro atoms. The highest BCUT2D eigenvalue weighted by atomic mass is 16.4. The average Bonchev–Trinajstić information content (AvgIpc) is 2.15. The largest absolute Gasteiger partial charge is 0.480 e. The lowest BCUT2D eigenvalue weighted by Crippen LogP contribution is -2.51. The number of rotatable bonds is 2. The summed E-state index contributed by atoms with van der Waals surface area (Å²) >= 11 is 0. The summed E-state index contributed by atoms with van der Waals surface area (Å²) in [6.07, 6.45) is 2.90. The maximum absolute atomic E-state index is 11.4. The lowest BCUT2D eigenvalue weighted by Gasteiger charge is -2.36. The third kappa shape index (κ3) is 1.95. The van der Waals surface area contributed by atoms with Crippen LogP contribution in [-0.2, 0) is 9.59 Å². The molecule has 0 radical (unpaired) electrons. The van der Waals surface area contributed by atoms with Gasteiger partial charge in [0.25, 0.3) is 0 Å². The molecule has 1 aliphatic heterocycles. The molecule has 1 amide bonds. The van der Waals surface area contributed by atoms with Crippen molar-refractivity contribution in [3.8, 4) is 0 Å². The Kier molecular flexibility index (Phi) is 3.28. The van der Waals surface area contributed by atoms with Gasteiger partial charge in [-0.25, -0.2) is 4.79 Å². The van der Waals surface area contributed by atoms with E-state index in [1.165, 1.54) is 11.0 Å². The van der Waals surface area contributed by atoms with Crippen LogP contribution in [0.3, 0.4) is 0 Å². The van der Waals surface area contributed by atoms with Crippen molar-refractivity contribution in [3.63, 3.8) is 0 Å². The molecule has 1 N–H and O–H groups in total. The number of carbonyl (C=O) groups excluding carboxylic acids is 1. The van der Waals surface area contributed by atoms with Crippen molar-refractivity contribution in [1.29, 1.82) is 0 Å². The quantitative estimate of drug-likeness (QED) is 0.669. The molecule has 1 rings (SSSR count). The van der Waals surface area contributed by atoms with Gasteiger partial charge in [0.15, 0.2) is 0 Å². The summed E-state index contributed by atoms with van der Waals surface area (Å²) in [5.74, 6) is -1.19. The molecule has 0 aromatic carbocycles. The van der Waals surface area contributed by atoms with Gasteiger partial charge in [-0.1, -0.05) is 13.5 Å². The molecule has 1 saturated heterocycles. The molecule has 2 atom stereocenters. The number of aliphatic carboxylic acids is 1. The Morgan fingerprint density at radius 3 is 2.71 bits per heavy atom. The monoisotopic (exact) mass is 197 g/mol. The molecule has 1 heterocycles. The van der Waals surface area contributed by atoms with E-state index in [1.54, 1.807) is 0 Å². The molecule has 2 unspecified atom stereocenters. The van der Waals surface area contributed by atoms with Crippen LogP contribution in [0.2, 0.25) is 0 Å². The first kappa shape index (κ1) is 10.8. The minimum absolute atomic E-state index is 0.0187. The molecule has 14 heavy (non-hydrogen) atoms. The second-order valence-electron chi connectivity index (χ2n) is 3.64. The van der Waals surface area contributed by atoms with Gasteiger partial charge in [-0.15, -0.1) is 0 Å². The van der Waals surface area contributed by atoms with Crippen molar-refractivity contribution in [2.45, 2.75) is 25.8 Å². The van der Waals surface area contributed by atoms with E-state index < -0.39 is 12.0 Å². The van der Waals surface area contributed by atoms with Crippen molar-refractivity contribution >= 4 is 11.9 Å². The summed E-state index contributed by atoms with van der Waals surface area (Å²) in [6, 6.07) is -0.686. The van der Waals surface area contributed by atoms with E-state index >= 15 is 0 Å². The van der Waals surface area contributed by atoms with Crippen LogP contribution < -0.4 is 0 Å². The van der Waals surface area contributed by atoms with Crippen LogP contribution in [-0.4, -0.2) is 34.5 Å². The van der Waals surface area contributed by atoms with Gasteiger partial charge in [0.05, 0.1) is 0 Å². The first-order chi connectivity index (χ1) is 6.57. The van der Waals surface area contributed by atoms with Crippen LogP contribution in [0.15, 0.2) is 12.7 Å². The number of nitrogens with zero attached hydrogens (tertiary/aromatic N) is 1. The highest BCUT2D eigenvalue weighted by Crippen LogP contribution is 2.23. The van der Waals surface area contributed by atoms with E-state index in [2.05, 4.69) is 6.58 Å². The maximum Gasteiger partial charge on any atom is 0.326 e. The van der Waals surface area contributed by atoms with Crippen molar-refractivity contribution in [2.75, 3.05) is 6.54 Å². The Balaban J connectivity index is 2.84. The van der Waals surface area contributed by atoms with Gasteiger partial charge in [0.2, 0.25) is 5.91 Å². The summed E-state index contributed by atoms with van der Waals surface area (Å²) in [7, 11) is 0. The predicted octanol–water partition coefficient (Wildman–Crippen LogP) is 0.884. The van der Waals surface area contributed by atoms with E-state index in [1.807, 2.05) is 6.92 Å². The first-order valence-electron chi connectivity index (χ1n) is 4.73. The number of carboxylic acids is 1. The standard InChI is InChI=1S/C10H15NO3/c1-3-8(12)11-6-4-5-7(2)9(11)10(13)14/h3,7,9H,1,4-6H2,2H3,(H,13,14). The first-order valence-corrected chi connectivity index (χ1v) is 4.73. The zero-order valence-corrected chi connectivity index (χ0v) is 8.27. The minimum Gasteiger partial charge on any atom is -0.480 e. The molecule has 0 aromatic heterocycles. The number of piperidine rings is 1. The van der Waals surface area contributed by atoms with E-state index in [-0.39, 0.29) is 11.8 Å². The average molecular weight is 197 g/mol. The van der Waals surface area contributed by atoms with Gasteiger partial charge in [0.1, 0.15) is 6.04 Å². The van der Waals surface area contributed by atoms with Gasteiger partial charge in [-0.2, -0.15) is 0 Å². The summed E-state index contributed by atoms with van der Waals surface area (Å²) in [5, 5.41) is 9.00.